The molecular formula is C21H47B5. The van der Waals surface area contributed by atoms with E-state index in [2.05, 4.69) is 27.7 Å². The first kappa shape index (κ1) is 37.1. The molecule has 0 amide bonds. The van der Waals surface area contributed by atoms with E-state index in [0.717, 1.165) is 0 Å². The van der Waals surface area contributed by atoms with Crippen LogP contribution in [0, 0.1) is 16.2 Å². The van der Waals surface area contributed by atoms with E-state index < -0.39 is 5.21 Å². The molecule has 0 aliphatic carbocycles. The highest BCUT2D eigenvalue weighted by Crippen LogP contribution is 2.37. The number of hydrogen-bond donors (Lipinski definition) is 0. The molecule has 0 aromatic rings. The second kappa shape index (κ2) is 13.5. The summed E-state index contributed by atoms with van der Waals surface area (Å²) in [6.45, 7) is 28.6. The minimum Gasteiger partial charge on any atom is -0.105 e. The van der Waals surface area contributed by atoms with Crippen LogP contribution in [0.2, 0.25) is 16.2 Å². The molecule has 0 bridgehead atoms. The van der Waals surface area contributed by atoms with Crippen LogP contribution in [0.3, 0.4) is 0 Å². The van der Waals surface area contributed by atoms with Crippen molar-refractivity contribution >= 4 is 39.2 Å². The zero-order valence-corrected chi connectivity index (χ0v) is 20.0. The van der Waals surface area contributed by atoms with Gasteiger partial charge in [0.25, 0.3) is 0 Å². The Morgan fingerprint density at radius 3 is 0.615 bits per heavy atom. The Kier molecular flexibility index (Phi) is 19.3. The van der Waals surface area contributed by atoms with Gasteiger partial charge in [-0.15, -0.1) is 5.72 Å². The van der Waals surface area contributed by atoms with Crippen LogP contribution in [0.5, 0.6) is 0 Å². The molecule has 0 fully saturated rings. The molecular weight excluding hydrogens is 306 g/mol. The van der Waals surface area contributed by atoms with Crippen molar-refractivity contribution in [2.75, 3.05) is 0 Å². The Balaban J connectivity index is -0.0000000760. The molecule has 0 saturated heterocycles. The molecule has 0 aromatic carbocycles. The zero-order valence-electron chi connectivity index (χ0n) is 20.0. The van der Waals surface area contributed by atoms with Crippen LogP contribution in [0.15, 0.2) is 0 Å². The number of hydrogen-bond acceptors (Lipinski definition) is 0. The summed E-state index contributed by atoms with van der Waals surface area (Å²) in [6.07, 6.45) is 0. The van der Waals surface area contributed by atoms with Crippen molar-refractivity contribution in [1.29, 1.82) is 0 Å². The van der Waals surface area contributed by atoms with E-state index in [4.69, 9.17) is 39.2 Å². The van der Waals surface area contributed by atoms with Crippen molar-refractivity contribution < 1.29 is 0 Å². The number of rotatable bonds is 0. The third-order valence-electron chi connectivity index (χ3n) is 2.62. The summed E-state index contributed by atoms with van der Waals surface area (Å²) in [4.78, 5) is 0. The molecule has 26 heavy (non-hydrogen) atoms. The van der Waals surface area contributed by atoms with Gasteiger partial charge in [0.2, 0.25) is 0 Å². The molecule has 0 rings (SSSR count). The van der Waals surface area contributed by atoms with Gasteiger partial charge in [-0.1, -0.05) is 120 Å². The molecule has 0 nitrogen and oxygen atoms in total. The highest BCUT2D eigenvalue weighted by atomic mass is 14.2. The largest absolute Gasteiger partial charge is 0.105 e. The van der Waals surface area contributed by atoms with Crippen LogP contribution in [0.4, 0.5) is 0 Å². The predicted molar refractivity (Wildman–Crippen MR) is 131 cm³/mol. The van der Waals surface area contributed by atoms with E-state index in [1.807, 2.05) is 69.2 Å². The average Bonchev–Trinajstić information content (AvgIpc) is 2.06. The van der Waals surface area contributed by atoms with Crippen LogP contribution < -0.4 is 0 Å². The minimum absolute atomic E-state index is 0. The van der Waals surface area contributed by atoms with Gasteiger partial charge in [0, 0.05) is 0 Å². The highest BCUT2D eigenvalue weighted by Gasteiger charge is 2.25. The van der Waals surface area contributed by atoms with Crippen molar-refractivity contribution in [1.82, 2.24) is 0 Å². The quantitative estimate of drug-likeness (QED) is 0.426. The maximum absolute atomic E-state index is 5.59. The lowest BCUT2D eigenvalue weighted by atomic mass is 9.45. The van der Waals surface area contributed by atoms with Crippen LogP contribution in [0.25, 0.3) is 0 Å². The van der Waals surface area contributed by atoms with E-state index in [-0.39, 0.29) is 29.3 Å². The van der Waals surface area contributed by atoms with Gasteiger partial charge in [0.1, 0.15) is 0 Å². The fourth-order valence-electron chi connectivity index (χ4n) is 0. The van der Waals surface area contributed by atoms with Crippen LogP contribution in [-0.4, -0.2) is 39.2 Å². The molecule has 10 radical (unpaired) electrons. The van der Waals surface area contributed by atoms with Crippen LogP contribution >= 0.6 is 0 Å². The summed E-state index contributed by atoms with van der Waals surface area (Å²) in [5.74, 6) is 0. The molecule has 5 heteroatoms. The fourth-order valence-corrected chi connectivity index (χ4v) is 0. The lowest BCUT2D eigenvalue weighted by molar-refractivity contribution is 0.363. The standard InChI is InChI=1S/C6H12B2.C5H10B2.C5H12.C4H9B.CH4/c1-5(2,3)6(4,7)8;1-5(2,3)4(6)7;1-5(2,3)4;1-4(2,3)5;/h1-4H3;4H,1-3H3;1-4H3;1-3H3;1H4. The summed E-state index contributed by atoms with van der Waals surface area (Å²) in [5.41, 5.74) is 0.347. The molecule has 0 unspecified atom stereocenters. The monoisotopic (exact) mass is 354 g/mol. The normalized spacial score (nSPS) is 12.3. The zero-order chi connectivity index (χ0) is 22.1. The van der Waals surface area contributed by atoms with Crippen LogP contribution in [-0.2, 0) is 0 Å². The van der Waals surface area contributed by atoms with Crippen LogP contribution in [0.1, 0.15) is 104 Å². The van der Waals surface area contributed by atoms with Crippen molar-refractivity contribution in [2.45, 2.75) is 121 Å². The average molecular weight is 354 g/mol. The second-order valence-corrected chi connectivity index (χ2v) is 11.8. The van der Waals surface area contributed by atoms with Gasteiger partial charge in [-0.05, 0) is 10.8 Å². The molecule has 146 valence electrons. The molecule has 0 saturated carbocycles. The molecule has 0 aliphatic heterocycles. The van der Waals surface area contributed by atoms with Gasteiger partial charge in [0.05, 0.1) is 39.2 Å². The summed E-state index contributed by atoms with van der Waals surface area (Å²) in [7, 11) is 27.2. The Hall–Kier alpha value is 0.325. The Labute approximate surface area is 176 Å². The Morgan fingerprint density at radius 1 is 0.538 bits per heavy atom. The third kappa shape index (κ3) is 56.4. The van der Waals surface area contributed by atoms with E-state index in [9.17, 15) is 0 Å². The van der Waals surface area contributed by atoms with E-state index >= 15 is 0 Å². The van der Waals surface area contributed by atoms with Gasteiger partial charge in [-0.25, -0.2) is 0 Å². The van der Waals surface area contributed by atoms with E-state index in [1.165, 1.54) is 0 Å². The van der Waals surface area contributed by atoms with Gasteiger partial charge in [-0.3, -0.25) is 0 Å². The smallest absolute Gasteiger partial charge is 0.0735 e. The summed E-state index contributed by atoms with van der Waals surface area (Å²) in [5, 5.41) is -0.562. The third-order valence-corrected chi connectivity index (χ3v) is 2.62. The summed E-state index contributed by atoms with van der Waals surface area (Å²) < 4.78 is 0. The Bertz CT molecular complexity index is 266. The Morgan fingerprint density at radius 2 is 0.615 bits per heavy atom. The minimum atomic E-state index is -0.562. The molecule has 0 N–H and O–H groups in total. The van der Waals surface area contributed by atoms with Gasteiger partial charge >= 0.3 is 0 Å². The maximum Gasteiger partial charge on any atom is 0.0735 e. The molecule has 0 atom stereocenters. The van der Waals surface area contributed by atoms with E-state index in [1.54, 1.807) is 0 Å². The molecule has 0 heterocycles. The lowest BCUT2D eigenvalue weighted by Crippen LogP contribution is -2.26. The van der Waals surface area contributed by atoms with Crippen molar-refractivity contribution in [3.63, 3.8) is 0 Å². The maximum atomic E-state index is 5.59. The fraction of sp³-hybridized carbons (Fsp3) is 1.00. The van der Waals surface area contributed by atoms with Gasteiger partial charge in [-0.2, -0.15) is 0 Å². The summed E-state index contributed by atoms with van der Waals surface area (Å²) >= 11 is 0. The first-order valence-corrected chi connectivity index (χ1v) is 9.07. The van der Waals surface area contributed by atoms with Crippen molar-refractivity contribution in [3.05, 3.63) is 0 Å². The van der Waals surface area contributed by atoms with Gasteiger partial charge < -0.3 is 0 Å². The predicted octanol–water partition coefficient (Wildman–Crippen LogP) is 6.68. The topological polar surface area (TPSA) is 0 Å². The van der Waals surface area contributed by atoms with E-state index in [0.29, 0.717) is 5.41 Å². The summed E-state index contributed by atoms with van der Waals surface area (Å²) in [6, 6.07) is 0. The second-order valence-electron chi connectivity index (χ2n) is 11.8. The first-order chi connectivity index (χ1) is 10.2. The van der Waals surface area contributed by atoms with Crippen molar-refractivity contribution in [3.8, 4) is 0 Å². The molecule has 0 spiro atoms. The molecule has 0 aliphatic rings. The first-order valence-electron chi connectivity index (χ1n) is 9.07. The van der Waals surface area contributed by atoms with Gasteiger partial charge in [0.15, 0.2) is 0 Å². The lowest BCUT2D eigenvalue weighted by Gasteiger charge is -2.36. The van der Waals surface area contributed by atoms with Crippen molar-refractivity contribution in [2.24, 2.45) is 16.2 Å². The SMILES string of the molecule is C.CC(C)(C)C.[B]C(C)(C)C.[B]C([B])(C)C(C)(C)C.[B]C([B])C(C)(C)C. The molecule has 0 aromatic heterocycles. The highest BCUT2D eigenvalue weighted by molar-refractivity contribution is 6.40.